The second-order valence-corrected chi connectivity index (χ2v) is 6.06. The molecule has 1 aromatic carbocycles. The summed E-state index contributed by atoms with van der Waals surface area (Å²) in [5.41, 5.74) is 7.61. The van der Waals surface area contributed by atoms with Crippen molar-refractivity contribution < 1.29 is 9.90 Å². The van der Waals surface area contributed by atoms with E-state index in [-0.39, 0.29) is 17.0 Å². The summed E-state index contributed by atoms with van der Waals surface area (Å²) in [7, 11) is 1.57. The summed E-state index contributed by atoms with van der Waals surface area (Å²) >= 11 is 0. The molecule has 0 amide bonds. The molecule has 0 spiro atoms. The number of allylic oxidation sites excluding steroid dienone is 3. The van der Waals surface area contributed by atoms with Crippen LogP contribution in [0.2, 0.25) is 0 Å². The second-order valence-electron chi connectivity index (χ2n) is 6.06. The van der Waals surface area contributed by atoms with Crippen molar-refractivity contribution in [2.24, 2.45) is 5.10 Å². The molecule has 1 heterocycles. The van der Waals surface area contributed by atoms with Gasteiger partial charge in [-0.15, -0.1) is 0 Å². The summed E-state index contributed by atoms with van der Waals surface area (Å²) in [5.74, 6) is -1.11. The third-order valence-electron chi connectivity index (χ3n) is 4.29. The van der Waals surface area contributed by atoms with Crippen LogP contribution < -0.4 is 5.43 Å². The van der Waals surface area contributed by atoms with Crippen LogP contribution in [0.3, 0.4) is 0 Å². The molecule has 26 heavy (non-hydrogen) atoms. The molecule has 1 aliphatic carbocycles. The lowest BCUT2D eigenvalue weighted by Gasteiger charge is -2.15. The maximum absolute atomic E-state index is 11.5. The van der Waals surface area contributed by atoms with Crippen molar-refractivity contribution in [3.63, 3.8) is 0 Å². The molecule has 0 fully saturated rings. The average molecular weight is 348 g/mol. The molecule has 0 saturated carbocycles. The number of hydrazone groups is 1. The number of carboxylic acids is 1. The third kappa shape index (κ3) is 3.09. The number of hydrogen-bond acceptors (Lipinski definition) is 4. The maximum atomic E-state index is 11.5. The van der Waals surface area contributed by atoms with Crippen molar-refractivity contribution in [2.75, 3.05) is 7.05 Å². The predicted octanol–water partition coefficient (Wildman–Crippen LogP) is 3.10. The average Bonchev–Trinajstić information content (AvgIpc) is 2.95. The number of carboxylic acid groups (broad SMARTS) is 1. The first-order chi connectivity index (χ1) is 12.4. The van der Waals surface area contributed by atoms with Gasteiger partial charge in [-0.1, -0.05) is 12.1 Å². The van der Waals surface area contributed by atoms with Gasteiger partial charge in [-0.3, -0.25) is 5.41 Å². The normalized spacial score (nSPS) is 15.7. The number of aryl methyl sites for hydroxylation is 2. The minimum absolute atomic E-state index is 0.00280. The van der Waals surface area contributed by atoms with Gasteiger partial charge >= 0.3 is 5.97 Å². The molecule has 3 rings (SSSR count). The van der Waals surface area contributed by atoms with Gasteiger partial charge in [0.05, 0.1) is 11.3 Å². The zero-order valence-electron chi connectivity index (χ0n) is 14.9. The molecule has 6 nitrogen and oxygen atoms in total. The smallest absolute Gasteiger partial charge is 0.338 e. The number of carbonyl (C=O) groups is 1. The quantitative estimate of drug-likeness (QED) is 0.586. The van der Waals surface area contributed by atoms with Crippen molar-refractivity contribution in [1.82, 2.24) is 9.99 Å². The van der Waals surface area contributed by atoms with Crippen LogP contribution in [0, 0.1) is 19.3 Å². The molecule has 0 aliphatic heterocycles. The van der Waals surface area contributed by atoms with Crippen LogP contribution in [0.25, 0.3) is 11.3 Å². The Bertz CT molecular complexity index is 956. The zero-order chi connectivity index (χ0) is 18.8. The highest BCUT2D eigenvalue weighted by atomic mass is 16.4. The van der Waals surface area contributed by atoms with E-state index >= 15 is 0 Å². The Kier molecular flexibility index (Phi) is 4.58. The van der Waals surface area contributed by atoms with E-state index in [1.54, 1.807) is 19.2 Å². The fraction of sp³-hybridized carbons (Fsp3) is 0.150. The molecule has 3 N–H and O–H groups in total. The van der Waals surface area contributed by atoms with Gasteiger partial charge in [0.15, 0.2) is 0 Å². The second kappa shape index (κ2) is 6.84. The summed E-state index contributed by atoms with van der Waals surface area (Å²) in [4.78, 5) is 11.5. The van der Waals surface area contributed by atoms with Gasteiger partial charge < -0.3 is 15.1 Å². The van der Waals surface area contributed by atoms with Gasteiger partial charge in [-0.25, -0.2) is 4.79 Å². The molecule has 132 valence electrons. The van der Waals surface area contributed by atoms with E-state index in [0.717, 1.165) is 22.6 Å². The van der Waals surface area contributed by atoms with Crippen molar-refractivity contribution in [3.8, 4) is 5.69 Å². The van der Waals surface area contributed by atoms with E-state index in [2.05, 4.69) is 41.1 Å². The SMILES string of the molecule is CN/N=C1\C(=N)C=C(c2ccc(-n3c(C)ccc3C)cc2)C=C1C(=O)O. The lowest BCUT2D eigenvalue weighted by molar-refractivity contribution is -0.132. The molecule has 1 aliphatic rings. The van der Waals surface area contributed by atoms with E-state index in [9.17, 15) is 9.90 Å². The lowest BCUT2D eigenvalue weighted by atomic mass is 9.92. The van der Waals surface area contributed by atoms with Gasteiger partial charge in [0, 0.05) is 24.1 Å². The topological polar surface area (TPSA) is 90.5 Å². The Morgan fingerprint density at radius 1 is 1.08 bits per heavy atom. The number of benzene rings is 1. The Labute approximate surface area is 151 Å². The number of aliphatic carboxylic acids is 1. The number of aromatic nitrogens is 1. The number of nitrogens with zero attached hydrogens (tertiary/aromatic N) is 2. The first kappa shape index (κ1) is 17.4. The van der Waals surface area contributed by atoms with Crippen LogP contribution in [0.4, 0.5) is 0 Å². The first-order valence-electron chi connectivity index (χ1n) is 8.18. The Morgan fingerprint density at radius 3 is 2.23 bits per heavy atom. The van der Waals surface area contributed by atoms with Crippen LogP contribution in [0.15, 0.2) is 59.2 Å². The first-order valence-corrected chi connectivity index (χ1v) is 8.18. The monoisotopic (exact) mass is 348 g/mol. The number of hydrogen-bond donors (Lipinski definition) is 3. The fourth-order valence-electron chi connectivity index (χ4n) is 3.08. The van der Waals surface area contributed by atoms with Crippen LogP contribution in [-0.4, -0.2) is 34.1 Å². The standard InChI is InChI=1S/C20H20N4O2/c1-12-4-5-13(2)24(12)16-8-6-14(7-9-16)15-10-17(20(25)26)19(23-22-3)18(21)11-15/h4-11,21-22H,1-3H3,(H,25,26)/b21-18?,23-19-. The zero-order valence-corrected chi connectivity index (χ0v) is 14.9. The summed E-state index contributed by atoms with van der Waals surface area (Å²) in [6.07, 6.45) is 3.18. The summed E-state index contributed by atoms with van der Waals surface area (Å²) in [6, 6.07) is 12.0. The molecule has 0 saturated heterocycles. The van der Waals surface area contributed by atoms with Crippen LogP contribution >= 0.6 is 0 Å². The van der Waals surface area contributed by atoms with E-state index < -0.39 is 5.97 Å². The summed E-state index contributed by atoms with van der Waals surface area (Å²) in [6.45, 7) is 4.10. The van der Waals surface area contributed by atoms with Gasteiger partial charge in [-0.2, -0.15) is 5.10 Å². The Balaban J connectivity index is 2.00. The summed E-state index contributed by atoms with van der Waals surface area (Å²) in [5, 5.41) is 21.5. The summed E-state index contributed by atoms with van der Waals surface area (Å²) < 4.78 is 2.15. The number of nitrogens with one attached hydrogen (secondary N) is 2. The highest BCUT2D eigenvalue weighted by molar-refractivity contribution is 6.57. The maximum Gasteiger partial charge on any atom is 0.338 e. The minimum atomic E-state index is -1.11. The number of rotatable bonds is 4. The van der Waals surface area contributed by atoms with E-state index in [1.807, 2.05) is 24.3 Å². The molecule has 1 aromatic heterocycles. The minimum Gasteiger partial charge on any atom is -0.478 e. The Morgan fingerprint density at radius 2 is 1.69 bits per heavy atom. The van der Waals surface area contributed by atoms with Crippen molar-refractivity contribution in [1.29, 1.82) is 5.41 Å². The molecule has 0 radical (unpaired) electrons. The predicted molar refractivity (Wildman–Crippen MR) is 103 cm³/mol. The fourth-order valence-corrected chi connectivity index (χ4v) is 3.08. The van der Waals surface area contributed by atoms with Gasteiger partial charge in [0.1, 0.15) is 5.71 Å². The highest BCUT2D eigenvalue weighted by Gasteiger charge is 2.23. The molecule has 0 unspecified atom stereocenters. The van der Waals surface area contributed by atoms with Crippen molar-refractivity contribution in [3.05, 3.63) is 71.1 Å². The lowest BCUT2D eigenvalue weighted by Crippen LogP contribution is -2.25. The van der Waals surface area contributed by atoms with Gasteiger partial charge in [0.2, 0.25) is 0 Å². The van der Waals surface area contributed by atoms with Crippen molar-refractivity contribution in [2.45, 2.75) is 13.8 Å². The van der Waals surface area contributed by atoms with E-state index in [4.69, 9.17) is 5.41 Å². The highest BCUT2D eigenvalue weighted by Crippen LogP contribution is 2.25. The molecule has 0 atom stereocenters. The van der Waals surface area contributed by atoms with Crippen LogP contribution in [0.1, 0.15) is 17.0 Å². The van der Waals surface area contributed by atoms with Gasteiger partial charge in [-0.05, 0) is 61.4 Å². The van der Waals surface area contributed by atoms with Gasteiger partial charge in [0.25, 0.3) is 0 Å². The Hall–Kier alpha value is -3.41. The van der Waals surface area contributed by atoms with E-state index in [0.29, 0.717) is 5.57 Å². The third-order valence-corrected chi connectivity index (χ3v) is 4.29. The molecular formula is C20H20N4O2. The molecule has 0 bridgehead atoms. The molecule has 6 heteroatoms. The molecule has 2 aromatic rings. The van der Waals surface area contributed by atoms with Crippen LogP contribution in [0.5, 0.6) is 0 Å². The van der Waals surface area contributed by atoms with Crippen LogP contribution in [-0.2, 0) is 4.79 Å². The van der Waals surface area contributed by atoms with E-state index in [1.165, 1.54) is 0 Å². The molecular weight excluding hydrogens is 328 g/mol. The van der Waals surface area contributed by atoms with Crippen molar-refractivity contribution >= 4 is 23.0 Å². The largest absolute Gasteiger partial charge is 0.478 e.